The van der Waals surface area contributed by atoms with Gasteiger partial charge in [0.15, 0.2) is 0 Å². The van der Waals surface area contributed by atoms with Gasteiger partial charge in [0.05, 0.1) is 6.54 Å². The van der Waals surface area contributed by atoms with E-state index in [4.69, 9.17) is 0 Å². The second-order valence-electron chi connectivity index (χ2n) is 5.31. The highest BCUT2D eigenvalue weighted by molar-refractivity contribution is 7.99. The minimum atomic E-state index is 0.351. The first kappa shape index (κ1) is 13.2. The molecule has 0 aliphatic carbocycles. The Balaban J connectivity index is 1.75. The van der Waals surface area contributed by atoms with Crippen LogP contribution in [0.15, 0.2) is 0 Å². The van der Waals surface area contributed by atoms with Crippen LogP contribution >= 0.6 is 11.8 Å². The van der Waals surface area contributed by atoms with Crippen molar-refractivity contribution in [3.8, 4) is 0 Å². The molecule has 0 bridgehead atoms. The summed E-state index contributed by atoms with van der Waals surface area (Å²) in [6, 6.07) is 0. The monoisotopic (exact) mass is 256 g/mol. The van der Waals surface area contributed by atoms with Crippen molar-refractivity contribution >= 4 is 17.7 Å². The lowest BCUT2D eigenvalue weighted by atomic mass is 9.99. The fourth-order valence-electron chi connectivity index (χ4n) is 2.51. The minimum Gasteiger partial charge on any atom is -0.342 e. The molecule has 2 aliphatic heterocycles. The van der Waals surface area contributed by atoms with Gasteiger partial charge in [-0.15, -0.1) is 0 Å². The van der Waals surface area contributed by atoms with Gasteiger partial charge in [-0.2, -0.15) is 11.8 Å². The van der Waals surface area contributed by atoms with Crippen molar-refractivity contribution < 1.29 is 4.79 Å². The van der Waals surface area contributed by atoms with Crippen molar-refractivity contribution in [2.75, 3.05) is 44.2 Å². The van der Waals surface area contributed by atoms with Crippen LogP contribution in [0, 0.1) is 5.92 Å². The molecule has 0 spiro atoms. The molecule has 0 saturated carbocycles. The third-order valence-corrected chi connectivity index (χ3v) is 4.86. The number of amides is 1. The third kappa shape index (κ3) is 4.18. The molecule has 2 fully saturated rings. The third-order valence-electron chi connectivity index (χ3n) is 3.81. The first-order valence-electron chi connectivity index (χ1n) is 6.83. The highest BCUT2D eigenvalue weighted by Gasteiger charge is 2.22. The van der Waals surface area contributed by atoms with E-state index in [1.807, 2.05) is 11.8 Å². The lowest BCUT2D eigenvalue weighted by Crippen LogP contribution is -2.44. The van der Waals surface area contributed by atoms with Crippen LogP contribution in [-0.2, 0) is 4.79 Å². The average molecular weight is 256 g/mol. The Morgan fingerprint density at radius 3 is 2.71 bits per heavy atom. The second kappa shape index (κ2) is 6.64. The average Bonchev–Trinajstić information content (AvgIpc) is 2.58. The molecule has 0 radical (unpaired) electrons. The number of carbonyl (C=O) groups excluding carboxylic acids is 1. The molecule has 4 heteroatoms. The Kier molecular flexibility index (Phi) is 5.16. The standard InChI is InChI=1S/C13H24N2OS/c1-12-3-6-15(7-4-12)13(16)11-14-5-2-9-17-10-8-14/h12H,2-11H2,1H3. The van der Waals surface area contributed by atoms with E-state index >= 15 is 0 Å². The van der Waals surface area contributed by atoms with E-state index in [0.717, 1.165) is 32.1 Å². The number of piperidine rings is 1. The molecule has 2 heterocycles. The molecule has 2 aliphatic rings. The molecule has 1 amide bonds. The zero-order valence-electron chi connectivity index (χ0n) is 10.9. The number of carbonyl (C=O) groups is 1. The summed E-state index contributed by atoms with van der Waals surface area (Å²) in [7, 11) is 0. The van der Waals surface area contributed by atoms with Crippen LogP contribution in [0.3, 0.4) is 0 Å². The Morgan fingerprint density at radius 1 is 1.18 bits per heavy atom. The van der Waals surface area contributed by atoms with Crippen molar-refractivity contribution in [2.24, 2.45) is 5.92 Å². The lowest BCUT2D eigenvalue weighted by molar-refractivity contribution is -0.133. The van der Waals surface area contributed by atoms with Gasteiger partial charge in [0.1, 0.15) is 0 Å². The SMILES string of the molecule is CC1CCN(C(=O)CN2CCCSCC2)CC1. The number of rotatable bonds is 2. The number of hydrogen-bond donors (Lipinski definition) is 0. The number of likely N-dealkylation sites (tertiary alicyclic amines) is 1. The summed E-state index contributed by atoms with van der Waals surface area (Å²) in [6.45, 7) is 7.07. The van der Waals surface area contributed by atoms with Gasteiger partial charge in [-0.25, -0.2) is 0 Å². The highest BCUT2D eigenvalue weighted by Crippen LogP contribution is 2.16. The van der Waals surface area contributed by atoms with Crippen molar-refractivity contribution in [3.63, 3.8) is 0 Å². The molecule has 0 atom stereocenters. The van der Waals surface area contributed by atoms with Gasteiger partial charge >= 0.3 is 0 Å². The van der Waals surface area contributed by atoms with Gasteiger partial charge in [0, 0.05) is 25.4 Å². The Hall–Kier alpha value is -0.220. The van der Waals surface area contributed by atoms with Crippen LogP contribution < -0.4 is 0 Å². The first-order valence-corrected chi connectivity index (χ1v) is 7.99. The topological polar surface area (TPSA) is 23.6 Å². The maximum Gasteiger partial charge on any atom is 0.236 e. The molecular formula is C13H24N2OS. The van der Waals surface area contributed by atoms with E-state index in [2.05, 4.69) is 16.7 Å². The largest absolute Gasteiger partial charge is 0.342 e. The van der Waals surface area contributed by atoms with Gasteiger partial charge in [0.2, 0.25) is 5.91 Å². The lowest BCUT2D eigenvalue weighted by Gasteiger charge is -2.32. The second-order valence-corrected chi connectivity index (χ2v) is 6.53. The highest BCUT2D eigenvalue weighted by atomic mass is 32.2. The minimum absolute atomic E-state index is 0.351. The number of hydrogen-bond acceptors (Lipinski definition) is 3. The van der Waals surface area contributed by atoms with Gasteiger partial charge in [0.25, 0.3) is 0 Å². The van der Waals surface area contributed by atoms with Crippen LogP contribution in [0.5, 0.6) is 0 Å². The molecular weight excluding hydrogens is 232 g/mol. The molecule has 0 aromatic carbocycles. The van der Waals surface area contributed by atoms with Gasteiger partial charge in [-0.05, 0) is 37.5 Å². The summed E-state index contributed by atoms with van der Waals surface area (Å²) in [5, 5.41) is 0. The molecule has 0 N–H and O–H groups in total. The van der Waals surface area contributed by atoms with E-state index in [-0.39, 0.29) is 0 Å². The van der Waals surface area contributed by atoms with E-state index in [1.54, 1.807) is 0 Å². The maximum atomic E-state index is 12.2. The molecule has 0 aromatic rings. The van der Waals surface area contributed by atoms with Crippen LogP contribution in [0.2, 0.25) is 0 Å². The summed E-state index contributed by atoms with van der Waals surface area (Å²) in [4.78, 5) is 16.6. The Labute approximate surface area is 109 Å². The maximum absolute atomic E-state index is 12.2. The van der Waals surface area contributed by atoms with Crippen molar-refractivity contribution in [1.82, 2.24) is 9.80 Å². The van der Waals surface area contributed by atoms with Crippen molar-refractivity contribution in [3.05, 3.63) is 0 Å². The molecule has 2 saturated heterocycles. The summed E-state index contributed by atoms with van der Waals surface area (Å²) < 4.78 is 0. The summed E-state index contributed by atoms with van der Waals surface area (Å²) in [5.41, 5.74) is 0. The zero-order chi connectivity index (χ0) is 12.1. The van der Waals surface area contributed by atoms with Crippen LogP contribution in [0.1, 0.15) is 26.2 Å². The fraction of sp³-hybridized carbons (Fsp3) is 0.923. The number of nitrogens with zero attached hydrogens (tertiary/aromatic N) is 2. The molecule has 17 heavy (non-hydrogen) atoms. The van der Waals surface area contributed by atoms with Crippen LogP contribution in [0.25, 0.3) is 0 Å². The molecule has 0 aromatic heterocycles. The van der Waals surface area contributed by atoms with Gasteiger partial charge in [-0.3, -0.25) is 9.69 Å². The molecule has 98 valence electrons. The molecule has 3 nitrogen and oxygen atoms in total. The Morgan fingerprint density at radius 2 is 1.94 bits per heavy atom. The number of thioether (sulfide) groups is 1. The van der Waals surface area contributed by atoms with Crippen molar-refractivity contribution in [1.29, 1.82) is 0 Å². The zero-order valence-corrected chi connectivity index (χ0v) is 11.7. The molecule has 2 rings (SSSR count). The first-order chi connectivity index (χ1) is 8.25. The Bertz CT molecular complexity index is 244. The summed E-state index contributed by atoms with van der Waals surface area (Å²) in [5.74, 6) is 3.59. The van der Waals surface area contributed by atoms with E-state index in [0.29, 0.717) is 12.5 Å². The fourth-order valence-corrected chi connectivity index (χ4v) is 3.43. The molecule has 0 unspecified atom stereocenters. The van der Waals surface area contributed by atoms with E-state index in [9.17, 15) is 4.79 Å². The smallest absolute Gasteiger partial charge is 0.236 e. The predicted octanol–water partition coefficient (Wildman–Crippen LogP) is 1.68. The van der Waals surface area contributed by atoms with Crippen LogP contribution in [0.4, 0.5) is 0 Å². The van der Waals surface area contributed by atoms with Crippen molar-refractivity contribution in [2.45, 2.75) is 26.2 Å². The quantitative estimate of drug-likeness (QED) is 0.751. The van der Waals surface area contributed by atoms with E-state index in [1.165, 1.54) is 30.8 Å². The summed E-state index contributed by atoms with van der Waals surface area (Å²) >= 11 is 2.02. The van der Waals surface area contributed by atoms with Gasteiger partial charge < -0.3 is 4.90 Å². The van der Waals surface area contributed by atoms with Crippen LogP contribution in [-0.4, -0.2) is 59.9 Å². The van der Waals surface area contributed by atoms with E-state index < -0.39 is 0 Å². The predicted molar refractivity (Wildman–Crippen MR) is 73.4 cm³/mol. The normalized spacial score (nSPS) is 24.6. The van der Waals surface area contributed by atoms with Gasteiger partial charge in [-0.1, -0.05) is 6.92 Å². The summed E-state index contributed by atoms with van der Waals surface area (Å²) in [6.07, 6.45) is 3.60.